The van der Waals surface area contributed by atoms with Crippen molar-refractivity contribution in [2.24, 2.45) is 5.92 Å². The van der Waals surface area contributed by atoms with E-state index in [-0.39, 0.29) is 0 Å². The maximum atomic E-state index is 10.8. The summed E-state index contributed by atoms with van der Waals surface area (Å²) in [7, 11) is 0. The van der Waals surface area contributed by atoms with Crippen molar-refractivity contribution in [3.8, 4) is 0 Å². The van der Waals surface area contributed by atoms with Crippen molar-refractivity contribution in [3.63, 3.8) is 0 Å². The molecule has 2 rings (SSSR count). The highest BCUT2D eigenvalue weighted by Gasteiger charge is 2.23. The predicted molar refractivity (Wildman–Crippen MR) is 65.3 cm³/mol. The zero-order chi connectivity index (χ0) is 11.8. The van der Waals surface area contributed by atoms with Crippen LogP contribution in [-0.4, -0.2) is 37.1 Å². The van der Waals surface area contributed by atoms with Crippen molar-refractivity contribution in [3.05, 3.63) is 0 Å². The molecule has 0 bridgehead atoms. The lowest BCUT2D eigenvalue weighted by Crippen LogP contribution is -2.36. The van der Waals surface area contributed by atoms with Crippen LogP contribution in [0.1, 0.15) is 46.0 Å². The molecule has 3 nitrogen and oxygen atoms in total. The summed E-state index contributed by atoms with van der Waals surface area (Å²) < 4.78 is 5.52. The van der Waals surface area contributed by atoms with Gasteiger partial charge in [-0.05, 0) is 31.6 Å². The zero-order valence-electron chi connectivity index (χ0n) is 10.7. The van der Waals surface area contributed by atoms with Crippen LogP contribution < -0.4 is 0 Å². The first-order valence-corrected chi connectivity index (χ1v) is 6.69. The Labute approximate surface area is 99.1 Å². The molecular weight excluding hydrogens is 202 g/mol. The summed E-state index contributed by atoms with van der Waals surface area (Å²) in [5.41, 5.74) is 0. The van der Waals surface area contributed by atoms with Gasteiger partial charge in [0.15, 0.2) is 0 Å². The Kier molecular flexibility index (Phi) is 6.46. The Morgan fingerprint density at radius 3 is 2.38 bits per heavy atom. The molecule has 2 fully saturated rings. The minimum Gasteiger partial charge on any atom is -0.376 e. The highest BCUT2D eigenvalue weighted by Crippen LogP contribution is 2.27. The van der Waals surface area contributed by atoms with Crippen LogP contribution >= 0.6 is 0 Å². The highest BCUT2D eigenvalue weighted by atomic mass is 16.5. The molecule has 0 aromatic carbocycles. The molecule has 3 heteroatoms. The van der Waals surface area contributed by atoms with Gasteiger partial charge in [0.05, 0.1) is 6.10 Å². The first kappa shape index (κ1) is 13.5. The van der Waals surface area contributed by atoms with Gasteiger partial charge >= 0.3 is 0 Å². The largest absolute Gasteiger partial charge is 0.376 e. The fourth-order valence-corrected chi connectivity index (χ4v) is 2.22. The van der Waals surface area contributed by atoms with Gasteiger partial charge < -0.3 is 9.64 Å². The number of rotatable bonds is 5. The lowest BCUT2D eigenvalue weighted by Gasteiger charge is -2.31. The number of nitrogens with zero attached hydrogens (tertiary/aromatic N) is 1. The molecule has 16 heavy (non-hydrogen) atoms. The van der Waals surface area contributed by atoms with E-state index in [0.29, 0.717) is 6.10 Å². The van der Waals surface area contributed by atoms with Gasteiger partial charge in [0.2, 0.25) is 6.41 Å². The van der Waals surface area contributed by atoms with E-state index in [2.05, 4.69) is 0 Å². The molecule has 0 spiro atoms. The summed E-state index contributed by atoms with van der Waals surface area (Å²) in [6, 6.07) is 0. The quantitative estimate of drug-likeness (QED) is 0.675. The van der Waals surface area contributed by atoms with Crippen LogP contribution in [0.5, 0.6) is 0 Å². The van der Waals surface area contributed by atoms with E-state index in [1.807, 2.05) is 18.7 Å². The summed E-state index contributed by atoms with van der Waals surface area (Å²) >= 11 is 0. The maximum absolute atomic E-state index is 10.8. The second-order valence-corrected chi connectivity index (χ2v) is 4.49. The van der Waals surface area contributed by atoms with Gasteiger partial charge in [-0.15, -0.1) is 0 Å². The fraction of sp³-hybridized carbons (Fsp3) is 0.923. The van der Waals surface area contributed by atoms with Crippen LogP contribution in [0.2, 0.25) is 0 Å². The van der Waals surface area contributed by atoms with E-state index in [9.17, 15) is 4.79 Å². The Balaban J connectivity index is 0.000000606. The molecule has 0 aromatic rings. The Morgan fingerprint density at radius 2 is 1.94 bits per heavy atom. The van der Waals surface area contributed by atoms with E-state index >= 15 is 0 Å². The average Bonchev–Trinajstić information content (AvgIpc) is 2.77. The van der Waals surface area contributed by atoms with Crippen molar-refractivity contribution in [2.45, 2.75) is 52.1 Å². The van der Waals surface area contributed by atoms with Gasteiger partial charge in [0, 0.05) is 19.7 Å². The molecule has 1 amide bonds. The van der Waals surface area contributed by atoms with Gasteiger partial charge in [-0.25, -0.2) is 0 Å². The van der Waals surface area contributed by atoms with Crippen molar-refractivity contribution in [2.75, 3.05) is 19.7 Å². The fourth-order valence-electron chi connectivity index (χ4n) is 2.22. The van der Waals surface area contributed by atoms with Crippen LogP contribution in [0.15, 0.2) is 0 Å². The minimum absolute atomic E-state index is 0.306. The molecule has 2 aliphatic rings. The predicted octanol–water partition coefficient (Wildman–Crippen LogP) is 2.45. The van der Waals surface area contributed by atoms with E-state index in [1.54, 1.807) is 0 Å². The van der Waals surface area contributed by atoms with E-state index in [4.69, 9.17) is 4.74 Å². The third-order valence-corrected chi connectivity index (χ3v) is 3.33. The van der Waals surface area contributed by atoms with E-state index < -0.39 is 0 Å². The molecule has 0 N–H and O–H groups in total. The molecule has 1 heterocycles. The molecule has 1 aliphatic heterocycles. The third kappa shape index (κ3) is 4.12. The summed E-state index contributed by atoms with van der Waals surface area (Å²) in [4.78, 5) is 12.7. The molecule has 1 saturated heterocycles. The Morgan fingerprint density at radius 1 is 1.19 bits per heavy atom. The maximum Gasteiger partial charge on any atom is 0.209 e. The second kappa shape index (κ2) is 7.66. The van der Waals surface area contributed by atoms with E-state index in [1.165, 1.54) is 19.3 Å². The zero-order valence-corrected chi connectivity index (χ0v) is 10.7. The Hall–Kier alpha value is -0.570. The van der Waals surface area contributed by atoms with Crippen molar-refractivity contribution in [1.82, 2.24) is 4.90 Å². The second-order valence-electron chi connectivity index (χ2n) is 4.49. The average molecular weight is 227 g/mol. The van der Waals surface area contributed by atoms with Gasteiger partial charge in [0.25, 0.3) is 0 Å². The first-order valence-electron chi connectivity index (χ1n) is 6.69. The molecular formula is C13H25NO2. The van der Waals surface area contributed by atoms with Crippen molar-refractivity contribution < 1.29 is 9.53 Å². The molecule has 1 saturated carbocycles. The molecule has 0 radical (unpaired) electrons. The normalized spacial score (nSPS) is 24.2. The van der Waals surface area contributed by atoms with Crippen LogP contribution in [0.25, 0.3) is 0 Å². The van der Waals surface area contributed by atoms with Gasteiger partial charge in [-0.1, -0.05) is 20.3 Å². The summed E-state index contributed by atoms with van der Waals surface area (Å²) in [6.45, 7) is 6.63. The Bertz CT molecular complexity index is 186. The molecule has 94 valence electrons. The lowest BCUT2D eigenvalue weighted by molar-refractivity contribution is -0.120. The standard InChI is InChI=1S/C11H19NO2.C2H6/c13-9-12(7-10-3-1-4-10)8-11-5-2-6-14-11;1-2/h9-11H,1-8H2;1-2H3. The van der Waals surface area contributed by atoms with Crippen LogP contribution in [0.4, 0.5) is 0 Å². The number of ether oxygens (including phenoxy) is 1. The molecule has 1 unspecified atom stereocenters. The van der Waals surface area contributed by atoms with Crippen molar-refractivity contribution in [1.29, 1.82) is 0 Å². The number of carbonyl (C=O) groups excluding carboxylic acids is 1. The minimum atomic E-state index is 0.306. The van der Waals surface area contributed by atoms with Crippen LogP contribution in [0.3, 0.4) is 0 Å². The highest BCUT2D eigenvalue weighted by molar-refractivity contribution is 5.47. The van der Waals surface area contributed by atoms with Gasteiger partial charge in [-0.2, -0.15) is 0 Å². The smallest absolute Gasteiger partial charge is 0.209 e. The van der Waals surface area contributed by atoms with E-state index in [0.717, 1.165) is 44.9 Å². The first-order chi connectivity index (χ1) is 7.88. The summed E-state index contributed by atoms with van der Waals surface area (Å²) in [5, 5.41) is 0. The summed E-state index contributed by atoms with van der Waals surface area (Å²) in [5.74, 6) is 0.765. The van der Waals surface area contributed by atoms with Crippen LogP contribution in [0, 0.1) is 5.92 Å². The monoisotopic (exact) mass is 227 g/mol. The number of hydrogen-bond donors (Lipinski definition) is 0. The molecule has 0 aromatic heterocycles. The van der Waals surface area contributed by atoms with Gasteiger partial charge in [-0.3, -0.25) is 4.79 Å². The molecule has 1 aliphatic carbocycles. The number of carbonyl (C=O) groups is 1. The lowest BCUT2D eigenvalue weighted by atomic mass is 9.85. The molecule has 1 atom stereocenters. The topological polar surface area (TPSA) is 29.5 Å². The number of hydrogen-bond acceptors (Lipinski definition) is 2. The number of amides is 1. The third-order valence-electron chi connectivity index (χ3n) is 3.33. The van der Waals surface area contributed by atoms with Gasteiger partial charge in [0.1, 0.15) is 0 Å². The van der Waals surface area contributed by atoms with Crippen molar-refractivity contribution >= 4 is 6.41 Å². The SMILES string of the molecule is CC.O=CN(CC1CCC1)CC1CCCO1. The van der Waals surface area contributed by atoms with Crippen LogP contribution in [-0.2, 0) is 9.53 Å². The summed E-state index contributed by atoms with van der Waals surface area (Å²) in [6.07, 6.45) is 7.51.